The van der Waals surface area contributed by atoms with Crippen LogP contribution < -0.4 is 22.7 Å². The Bertz CT molecular complexity index is 1120. The monoisotopic (exact) mass is 531 g/mol. The zero-order valence-corrected chi connectivity index (χ0v) is 20.5. The van der Waals surface area contributed by atoms with E-state index in [0.29, 0.717) is 17.0 Å². The Balaban J connectivity index is 0.000000230. The van der Waals surface area contributed by atoms with E-state index < -0.39 is 36.7 Å². The summed E-state index contributed by atoms with van der Waals surface area (Å²) in [7, 11) is 0. The van der Waals surface area contributed by atoms with Gasteiger partial charge in [0.1, 0.15) is 11.9 Å². The van der Waals surface area contributed by atoms with E-state index in [1.165, 1.54) is 25.3 Å². The number of halogens is 2. The fourth-order valence-electron chi connectivity index (χ4n) is 4.13. The molecule has 2 aromatic rings. The van der Waals surface area contributed by atoms with Crippen LogP contribution in [0.2, 0.25) is 0 Å². The van der Waals surface area contributed by atoms with Crippen molar-refractivity contribution >= 4 is 5.82 Å². The average molecular weight is 532 g/mol. The number of nitrogens with two attached hydrogens (primary N) is 2. The predicted octanol–water partition coefficient (Wildman–Crippen LogP) is 0.0905. The third-order valence-electron chi connectivity index (χ3n) is 6.00. The van der Waals surface area contributed by atoms with E-state index in [1.54, 1.807) is 0 Å². The fraction of sp³-hybridized carbons (Fsp3) is 0.609. The third kappa shape index (κ3) is 7.55. The fourth-order valence-corrected chi connectivity index (χ4v) is 4.13. The molecule has 8 N–H and O–H groups in total. The summed E-state index contributed by atoms with van der Waals surface area (Å²) in [6.45, 7) is 1.58. The van der Waals surface area contributed by atoms with Crippen LogP contribution >= 0.6 is 0 Å². The molecule has 0 bridgehead atoms. The van der Waals surface area contributed by atoms with Crippen LogP contribution in [0.4, 0.5) is 14.6 Å². The SMILES string of the molecule is Cc1cc(C2CCCCC2)n(O)c(=O)c1.NCCO.Nc1ccn([C@@H]2O[C@H](CO)[C@@H](O)C2(F)F)c(=O)n1. The molecule has 2 fully saturated rings. The van der Waals surface area contributed by atoms with Gasteiger partial charge in [-0.3, -0.25) is 9.36 Å². The highest BCUT2D eigenvalue weighted by molar-refractivity contribution is 5.24. The Morgan fingerprint density at radius 1 is 1.19 bits per heavy atom. The normalized spacial score (nSPS) is 22.9. The van der Waals surface area contributed by atoms with Crippen LogP contribution in [-0.4, -0.2) is 72.7 Å². The Hall–Kier alpha value is -2.91. The van der Waals surface area contributed by atoms with E-state index in [4.69, 9.17) is 26.4 Å². The van der Waals surface area contributed by atoms with Crippen LogP contribution in [0.1, 0.15) is 55.5 Å². The number of aryl methyl sites for hydroxylation is 1. The minimum absolute atomic E-state index is 0.0972. The average Bonchev–Trinajstić information content (AvgIpc) is 3.10. The summed E-state index contributed by atoms with van der Waals surface area (Å²) in [6.07, 6.45) is 1.16. The lowest BCUT2D eigenvalue weighted by atomic mass is 9.86. The molecule has 3 atom stereocenters. The molecule has 1 saturated heterocycles. The van der Waals surface area contributed by atoms with Crippen molar-refractivity contribution in [2.24, 2.45) is 5.73 Å². The van der Waals surface area contributed by atoms with E-state index in [1.807, 2.05) is 13.0 Å². The van der Waals surface area contributed by atoms with Crippen molar-refractivity contribution in [3.05, 3.63) is 56.5 Å². The van der Waals surface area contributed by atoms with Crippen molar-refractivity contribution in [2.45, 2.75) is 69.3 Å². The highest BCUT2D eigenvalue weighted by Gasteiger charge is 2.59. The lowest BCUT2D eigenvalue weighted by Gasteiger charge is -2.22. The molecule has 2 aliphatic rings. The first-order valence-corrected chi connectivity index (χ1v) is 11.9. The van der Waals surface area contributed by atoms with E-state index >= 15 is 0 Å². The number of ether oxygens (including phenoxy) is 1. The Morgan fingerprint density at radius 3 is 2.32 bits per heavy atom. The van der Waals surface area contributed by atoms with Crippen molar-refractivity contribution < 1.29 is 34.0 Å². The van der Waals surface area contributed by atoms with Crippen LogP contribution in [0, 0.1) is 6.92 Å². The van der Waals surface area contributed by atoms with Gasteiger partial charge in [-0.2, -0.15) is 18.5 Å². The number of hydrogen-bond donors (Lipinski definition) is 6. The second-order valence-corrected chi connectivity index (χ2v) is 8.83. The second kappa shape index (κ2) is 13.6. The molecule has 1 aliphatic carbocycles. The highest BCUT2D eigenvalue weighted by atomic mass is 19.3. The number of hydrogen-bond acceptors (Lipinski definition) is 10. The lowest BCUT2D eigenvalue weighted by molar-refractivity contribution is -0.140. The van der Waals surface area contributed by atoms with E-state index in [9.17, 15) is 28.7 Å². The maximum atomic E-state index is 13.7. The van der Waals surface area contributed by atoms with Gasteiger partial charge in [0, 0.05) is 24.7 Å². The molecule has 14 heteroatoms. The van der Waals surface area contributed by atoms with Gasteiger partial charge in [-0.1, -0.05) is 19.3 Å². The lowest BCUT2D eigenvalue weighted by Crippen LogP contribution is -2.41. The summed E-state index contributed by atoms with van der Waals surface area (Å²) in [6, 6.07) is 4.54. The summed E-state index contributed by atoms with van der Waals surface area (Å²) < 4.78 is 33.5. The van der Waals surface area contributed by atoms with Crippen molar-refractivity contribution in [3.63, 3.8) is 0 Å². The molecular formula is C23H35F2N5O7. The molecule has 2 aromatic heterocycles. The van der Waals surface area contributed by atoms with Crippen LogP contribution in [0.25, 0.3) is 0 Å². The summed E-state index contributed by atoms with van der Waals surface area (Å²) in [5, 5.41) is 35.5. The van der Waals surface area contributed by atoms with Gasteiger partial charge in [0.2, 0.25) is 6.23 Å². The van der Waals surface area contributed by atoms with Gasteiger partial charge in [-0.15, -0.1) is 0 Å². The van der Waals surface area contributed by atoms with Gasteiger partial charge in [0.05, 0.1) is 18.9 Å². The molecule has 12 nitrogen and oxygen atoms in total. The van der Waals surface area contributed by atoms with Crippen LogP contribution in [0.15, 0.2) is 34.0 Å². The van der Waals surface area contributed by atoms with Gasteiger partial charge in [-0.05, 0) is 37.5 Å². The Kier molecular flexibility index (Phi) is 11.1. The number of anilines is 1. The second-order valence-electron chi connectivity index (χ2n) is 8.83. The zero-order chi connectivity index (χ0) is 27.8. The first-order chi connectivity index (χ1) is 17.5. The number of rotatable bonds is 4. The number of nitrogen functional groups attached to an aromatic ring is 1. The molecule has 0 radical (unpaired) electrons. The quantitative estimate of drug-likeness (QED) is 0.294. The maximum absolute atomic E-state index is 13.7. The van der Waals surface area contributed by atoms with Gasteiger partial charge in [0.15, 0.2) is 6.10 Å². The largest absolute Gasteiger partial charge is 0.425 e. The van der Waals surface area contributed by atoms with Crippen molar-refractivity contribution in [2.75, 3.05) is 25.5 Å². The molecule has 3 heterocycles. The molecule has 1 saturated carbocycles. The molecule has 208 valence electrons. The third-order valence-corrected chi connectivity index (χ3v) is 6.00. The molecule has 4 rings (SSSR count). The summed E-state index contributed by atoms with van der Waals surface area (Å²) in [4.78, 5) is 26.1. The summed E-state index contributed by atoms with van der Waals surface area (Å²) >= 11 is 0. The number of aromatic nitrogens is 3. The topological polar surface area (TPSA) is 199 Å². The van der Waals surface area contributed by atoms with E-state index in [2.05, 4.69) is 4.98 Å². The minimum atomic E-state index is -3.71. The van der Waals surface area contributed by atoms with Crippen molar-refractivity contribution in [3.8, 4) is 0 Å². The highest BCUT2D eigenvalue weighted by Crippen LogP contribution is 2.41. The molecule has 1 aliphatic heterocycles. The van der Waals surface area contributed by atoms with Gasteiger partial charge in [-0.25, -0.2) is 4.79 Å². The van der Waals surface area contributed by atoms with Gasteiger partial charge >= 0.3 is 11.6 Å². The van der Waals surface area contributed by atoms with Crippen LogP contribution in [0.3, 0.4) is 0 Å². The molecule has 0 spiro atoms. The summed E-state index contributed by atoms with van der Waals surface area (Å²) in [5.74, 6) is -3.47. The predicted molar refractivity (Wildman–Crippen MR) is 129 cm³/mol. The number of alkyl halides is 2. The van der Waals surface area contributed by atoms with E-state index in [0.717, 1.165) is 41.1 Å². The summed E-state index contributed by atoms with van der Waals surface area (Å²) in [5.41, 5.74) is 10.4. The van der Waals surface area contributed by atoms with Gasteiger partial charge in [0.25, 0.3) is 5.56 Å². The number of aliphatic hydroxyl groups excluding tert-OH is 3. The van der Waals surface area contributed by atoms with E-state index in [-0.39, 0.29) is 18.0 Å². The van der Waals surface area contributed by atoms with Gasteiger partial charge < -0.3 is 36.7 Å². The Morgan fingerprint density at radius 2 is 1.81 bits per heavy atom. The zero-order valence-electron chi connectivity index (χ0n) is 20.5. The molecular weight excluding hydrogens is 496 g/mol. The molecule has 0 unspecified atom stereocenters. The maximum Gasteiger partial charge on any atom is 0.351 e. The van der Waals surface area contributed by atoms with Crippen molar-refractivity contribution in [1.29, 1.82) is 0 Å². The van der Waals surface area contributed by atoms with Crippen LogP contribution in [-0.2, 0) is 4.74 Å². The number of nitrogens with zero attached hydrogens (tertiary/aromatic N) is 3. The number of pyridine rings is 1. The Labute approximate surface area is 211 Å². The standard InChI is InChI=1S/C12H17NO2.C9H11F2N3O4.C2H7NO/c1-9-7-11(13(15)12(14)8-9)10-5-3-2-4-6-10;10-9(11)6(16)4(3-15)18-7(9)14-2-1-5(12)13-8(14)17;3-1-2-4/h7-8,10,15H,2-6H2,1H3;1-2,4,6-7,15-16H,3H2,(H2,12,13,17);4H,1-3H2/t;4-,6-,7-;/m.1./s1. The first-order valence-electron chi connectivity index (χ1n) is 11.9. The number of aliphatic hydroxyl groups is 3. The smallest absolute Gasteiger partial charge is 0.351 e. The van der Waals surface area contributed by atoms with Crippen molar-refractivity contribution in [1.82, 2.24) is 14.3 Å². The minimum Gasteiger partial charge on any atom is -0.425 e. The molecule has 0 amide bonds. The molecule has 0 aromatic carbocycles. The first kappa shape index (κ1) is 30.3. The van der Waals surface area contributed by atoms with Crippen LogP contribution in [0.5, 0.6) is 0 Å². The molecule has 37 heavy (non-hydrogen) atoms.